The van der Waals surface area contributed by atoms with Crippen LogP contribution >= 0.6 is 0 Å². The lowest BCUT2D eigenvalue weighted by Gasteiger charge is -2.27. The van der Waals surface area contributed by atoms with Crippen LogP contribution in [0.1, 0.15) is 48.9 Å². The van der Waals surface area contributed by atoms with Crippen LogP contribution in [0, 0.1) is 17.8 Å². The van der Waals surface area contributed by atoms with Gasteiger partial charge in [-0.3, -0.25) is 10.1 Å². The Kier molecular flexibility index (Phi) is 7.15. The molecule has 3 saturated carbocycles. The first-order chi connectivity index (χ1) is 23.8. The summed E-state index contributed by atoms with van der Waals surface area (Å²) in [5.74, 6) is 2.91. The number of fused-ring (bicyclic) bond motifs is 4. The number of hydrogen-bond donors (Lipinski definition) is 2. The molecule has 3 N–H and O–H groups in total. The minimum atomic E-state index is -0.421. The third-order valence-electron chi connectivity index (χ3n) is 11.0. The maximum absolute atomic E-state index is 13.8. The van der Waals surface area contributed by atoms with E-state index in [1.807, 2.05) is 54.4 Å². The van der Waals surface area contributed by atoms with Crippen molar-refractivity contribution in [1.82, 2.24) is 24.0 Å². The van der Waals surface area contributed by atoms with E-state index in [1.165, 1.54) is 12.8 Å². The number of hydrogen-bond acceptors (Lipinski definition) is 7. The molecule has 3 aliphatic carbocycles. The molecule has 4 aliphatic rings. The first-order valence-corrected chi connectivity index (χ1v) is 17.5. The van der Waals surface area contributed by atoms with Crippen molar-refractivity contribution < 1.29 is 19.1 Å². The smallest absolute Gasteiger partial charge is 0.411 e. The topological polar surface area (TPSA) is 130 Å². The van der Waals surface area contributed by atoms with Gasteiger partial charge < -0.3 is 29.2 Å². The van der Waals surface area contributed by atoms with Gasteiger partial charge in [-0.05, 0) is 98.7 Å². The number of methoxy groups -OCH3 is 1. The van der Waals surface area contributed by atoms with Crippen LogP contribution in [-0.4, -0.2) is 68.3 Å². The number of amides is 2. The third kappa shape index (κ3) is 5.40. The number of carbonyl (C=O) groups excluding carboxylic acids is 2. The van der Waals surface area contributed by atoms with Gasteiger partial charge in [-0.1, -0.05) is 12.1 Å². The minimum Gasteiger partial charge on any atom is -0.494 e. The zero-order valence-electron chi connectivity index (χ0n) is 27.9. The maximum Gasteiger partial charge on any atom is 0.411 e. The second kappa shape index (κ2) is 11.6. The van der Waals surface area contributed by atoms with Crippen molar-refractivity contribution in [3.05, 3.63) is 60.2 Å². The van der Waals surface area contributed by atoms with Crippen molar-refractivity contribution in [2.24, 2.45) is 30.5 Å². The van der Waals surface area contributed by atoms with Crippen LogP contribution in [-0.2, 0) is 18.3 Å². The van der Waals surface area contributed by atoms with E-state index in [0.717, 1.165) is 77.1 Å². The molecule has 1 saturated heterocycles. The third-order valence-corrected chi connectivity index (χ3v) is 11.0. The average Bonchev–Trinajstić information content (AvgIpc) is 4.02. The van der Waals surface area contributed by atoms with E-state index in [9.17, 15) is 9.59 Å². The summed E-state index contributed by atoms with van der Waals surface area (Å²) in [7, 11) is 3.64. The van der Waals surface area contributed by atoms with E-state index in [4.69, 9.17) is 25.2 Å². The van der Waals surface area contributed by atoms with Crippen LogP contribution in [0.25, 0.3) is 44.8 Å². The first-order valence-electron chi connectivity index (χ1n) is 17.5. The van der Waals surface area contributed by atoms with E-state index >= 15 is 0 Å². The number of rotatable bonds is 9. The van der Waals surface area contributed by atoms with Gasteiger partial charge in [-0.15, -0.1) is 0 Å². The van der Waals surface area contributed by atoms with Gasteiger partial charge in [0, 0.05) is 54.4 Å². The van der Waals surface area contributed by atoms with Crippen LogP contribution in [0.5, 0.6) is 5.75 Å². The maximum atomic E-state index is 13.8. The number of likely N-dealkylation sites (tertiary alicyclic amines) is 1. The highest BCUT2D eigenvalue weighted by molar-refractivity contribution is 6.00. The van der Waals surface area contributed by atoms with E-state index < -0.39 is 6.09 Å². The number of nitrogens with one attached hydrogen (secondary N) is 1. The molecule has 2 amide bonds. The minimum absolute atomic E-state index is 0.00745. The van der Waals surface area contributed by atoms with Crippen LogP contribution in [0.4, 0.5) is 10.5 Å². The van der Waals surface area contributed by atoms with Crippen molar-refractivity contribution in [3.8, 4) is 28.5 Å². The standard InChI is InChI=1S/C38H41N7O4/c1-43-34-29(15-26(17-32(34)48-2)37(46)45-19-25-10-14-30(45)33(25)39)42-36(43)31-16-24-9-13-28(41-35(24)44(31)18-21-3-4-21)23-7-11-27(12-8-23)40-38(47)49-20-22-5-6-22/h7-9,11-13,15-17,21-22,25,30,33H,3-6,10,14,18-20,39H2,1-2H3,(H,40,47). The predicted molar refractivity (Wildman–Crippen MR) is 187 cm³/mol. The van der Waals surface area contributed by atoms with E-state index in [0.29, 0.717) is 47.9 Å². The molecule has 0 spiro atoms. The Bertz CT molecular complexity index is 2110. The molecule has 252 valence electrons. The molecule has 11 nitrogen and oxygen atoms in total. The van der Waals surface area contributed by atoms with Gasteiger partial charge in [-0.2, -0.15) is 0 Å². The first kappa shape index (κ1) is 30.2. The number of imidazole rings is 1. The fourth-order valence-electron chi connectivity index (χ4n) is 7.84. The summed E-state index contributed by atoms with van der Waals surface area (Å²) in [5, 5.41) is 3.85. The molecular weight excluding hydrogens is 618 g/mol. The van der Waals surface area contributed by atoms with Gasteiger partial charge in [0.1, 0.15) is 16.9 Å². The van der Waals surface area contributed by atoms with Gasteiger partial charge in [0.25, 0.3) is 5.91 Å². The Morgan fingerprint density at radius 3 is 2.45 bits per heavy atom. The SMILES string of the molecule is COc1cc(C(=O)N2CC3CCC2C3N)cc2nc(-c3cc4ccc(-c5ccc(NC(=O)OCC6CC6)cc5)nc4n3CC3CC3)n(C)c12. The summed E-state index contributed by atoms with van der Waals surface area (Å²) in [4.78, 5) is 38.2. The second-order valence-electron chi connectivity index (χ2n) is 14.4. The van der Waals surface area contributed by atoms with Crippen molar-refractivity contribution in [1.29, 1.82) is 0 Å². The number of ether oxygens (including phenoxy) is 2. The molecule has 9 rings (SSSR count). The molecular formula is C38H41N7O4. The molecule has 4 fully saturated rings. The van der Waals surface area contributed by atoms with E-state index in [-0.39, 0.29) is 18.0 Å². The lowest BCUT2D eigenvalue weighted by atomic mass is 10.1. The highest BCUT2D eigenvalue weighted by atomic mass is 16.5. The van der Waals surface area contributed by atoms with Crippen LogP contribution in [0.15, 0.2) is 54.6 Å². The summed E-state index contributed by atoms with van der Waals surface area (Å²) in [6.07, 6.45) is 6.30. The van der Waals surface area contributed by atoms with Crippen molar-refractivity contribution in [3.63, 3.8) is 0 Å². The zero-order chi connectivity index (χ0) is 33.4. The van der Waals surface area contributed by atoms with Gasteiger partial charge >= 0.3 is 6.09 Å². The summed E-state index contributed by atoms with van der Waals surface area (Å²) >= 11 is 0. The van der Waals surface area contributed by atoms with Crippen molar-refractivity contribution in [2.75, 3.05) is 25.6 Å². The van der Waals surface area contributed by atoms with Gasteiger partial charge in [0.15, 0.2) is 5.82 Å². The quantitative estimate of drug-likeness (QED) is 0.193. The fourth-order valence-corrected chi connectivity index (χ4v) is 7.84. The molecule has 2 bridgehead atoms. The normalized spacial score (nSPS) is 21.5. The van der Waals surface area contributed by atoms with E-state index in [2.05, 4.69) is 26.6 Å². The highest BCUT2D eigenvalue weighted by Gasteiger charge is 2.47. The molecule has 5 aromatic rings. The number of nitrogens with zero attached hydrogens (tertiary/aromatic N) is 5. The van der Waals surface area contributed by atoms with Gasteiger partial charge in [0.05, 0.1) is 30.6 Å². The monoisotopic (exact) mass is 659 g/mol. The number of nitrogens with two attached hydrogens (primary N) is 1. The van der Waals surface area contributed by atoms with Gasteiger partial charge in [0.2, 0.25) is 0 Å². The molecule has 0 radical (unpaired) electrons. The Hall–Kier alpha value is -4.90. The molecule has 3 atom stereocenters. The molecule has 3 aromatic heterocycles. The largest absolute Gasteiger partial charge is 0.494 e. The predicted octanol–water partition coefficient (Wildman–Crippen LogP) is 6.20. The highest BCUT2D eigenvalue weighted by Crippen LogP contribution is 2.40. The summed E-state index contributed by atoms with van der Waals surface area (Å²) in [6, 6.07) is 17.9. The number of benzene rings is 2. The lowest BCUT2D eigenvalue weighted by Crippen LogP contribution is -2.41. The zero-order valence-corrected chi connectivity index (χ0v) is 27.9. The summed E-state index contributed by atoms with van der Waals surface area (Å²) in [5.41, 5.74) is 12.9. The number of aromatic nitrogens is 4. The summed E-state index contributed by atoms with van der Waals surface area (Å²) in [6.45, 7) is 2.04. The Morgan fingerprint density at radius 2 is 1.76 bits per heavy atom. The summed E-state index contributed by atoms with van der Waals surface area (Å²) < 4.78 is 15.5. The molecule has 49 heavy (non-hydrogen) atoms. The number of anilines is 1. The Balaban J connectivity index is 1.05. The molecule has 4 heterocycles. The Labute approximate surface area is 284 Å². The number of aryl methyl sites for hydroxylation is 1. The number of carbonyl (C=O) groups is 2. The van der Waals surface area contributed by atoms with Gasteiger partial charge in [-0.25, -0.2) is 14.8 Å². The molecule has 1 aliphatic heterocycles. The second-order valence-corrected chi connectivity index (χ2v) is 14.4. The molecule has 3 unspecified atom stereocenters. The number of pyridine rings is 1. The van der Waals surface area contributed by atoms with Crippen LogP contribution in [0.3, 0.4) is 0 Å². The van der Waals surface area contributed by atoms with E-state index in [1.54, 1.807) is 7.11 Å². The lowest BCUT2D eigenvalue weighted by molar-refractivity contribution is 0.0700. The average molecular weight is 660 g/mol. The Morgan fingerprint density at radius 1 is 0.959 bits per heavy atom. The van der Waals surface area contributed by atoms with Crippen LogP contribution in [0.2, 0.25) is 0 Å². The molecule has 11 heteroatoms. The number of piperidine rings is 1. The molecule has 2 aromatic carbocycles. The van der Waals surface area contributed by atoms with Crippen molar-refractivity contribution >= 4 is 39.8 Å². The van der Waals surface area contributed by atoms with Crippen molar-refractivity contribution in [2.45, 2.75) is 57.2 Å². The van der Waals surface area contributed by atoms with Crippen LogP contribution < -0.4 is 15.8 Å². The fraction of sp³-hybridized carbons (Fsp3) is 0.421.